The van der Waals surface area contributed by atoms with Gasteiger partial charge in [0.1, 0.15) is 6.73 Å². The minimum Gasteiger partial charge on any atom is -0.358 e. The normalized spacial score (nSPS) is 26.6. The lowest BCUT2D eigenvalue weighted by atomic mass is 9.75. The predicted octanol–water partition coefficient (Wildman–Crippen LogP) is 1.20. The van der Waals surface area contributed by atoms with Gasteiger partial charge in [0.15, 0.2) is 0 Å². The van der Waals surface area contributed by atoms with Gasteiger partial charge in [0.05, 0.1) is 5.60 Å². The lowest BCUT2D eigenvalue weighted by molar-refractivity contribution is -0.0639. The van der Waals surface area contributed by atoms with Crippen LogP contribution < -0.4 is 0 Å². The monoisotopic (exact) mass is 255 g/mol. The zero-order chi connectivity index (χ0) is 13.6. The summed E-state index contributed by atoms with van der Waals surface area (Å²) in [6.07, 6.45) is 1.84. The van der Waals surface area contributed by atoms with E-state index in [2.05, 4.69) is 25.8 Å². The van der Waals surface area contributed by atoms with Crippen molar-refractivity contribution in [2.45, 2.75) is 37.8 Å². The molecule has 0 aromatic rings. The summed E-state index contributed by atoms with van der Waals surface area (Å²) in [6, 6.07) is 0.106. The minimum absolute atomic E-state index is 0.0419. The Balaban J connectivity index is 2.05. The van der Waals surface area contributed by atoms with E-state index in [9.17, 15) is 4.79 Å². The molecule has 2 fully saturated rings. The van der Waals surface area contributed by atoms with Gasteiger partial charge in [-0.2, -0.15) is 0 Å². The lowest BCUT2D eigenvalue weighted by Crippen LogP contribution is -2.59. The Kier molecular flexibility index (Phi) is 3.32. The Bertz CT molecular complexity index is 333. The van der Waals surface area contributed by atoms with Crippen LogP contribution in [0.2, 0.25) is 0 Å². The van der Waals surface area contributed by atoms with E-state index in [-0.39, 0.29) is 17.2 Å². The Morgan fingerprint density at radius 2 is 1.78 bits per heavy atom. The lowest BCUT2D eigenvalue weighted by Gasteiger charge is -2.47. The number of rotatable bonds is 0. The molecule has 1 spiro atoms. The van der Waals surface area contributed by atoms with Crippen LogP contribution in [0.5, 0.6) is 0 Å². The fourth-order valence-corrected chi connectivity index (χ4v) is 3.00. The summed E-state index contributed by atoms with van der Waals surface area (Å²) in [7, 11) is 5.71. The molecule has 0 bridgehead atoms. The summed E-state index contributed by atoms with van der Waals surface area (Å²) in [5, 5.41) is 0. The van der Waals surface area contributed by atoms with Crippen molar-refractivity contribution in [2.75, 3.05) is 41.0 Å². The molecule has 2 rings (SSSR count). The van der Waals surface area contributed by atoms with Crippen molar-refractivity contribution in [3.63, 3.8) is 0 Å². The number of carbonyl (C=O) groups is 1. The number of urea groups is 1. The predicted molar refractivity (Wildman–Crippen MR) is 70.4 cm³/mol. The molecule has 0 aromatic carbocycles. The molecule has 0 atom stereocenters. The molecule has 5 nitrogen and oxygen atoms in total. The van der Waals surface area contributed by atoms with Crippen LogP contribution in [-0.4, -0.2) is 72.8 Å². The largest absolute Gasteiger partial charge is 0.358 e. The topological polar surface area (TPSA) is 36.0 Å². The number of hydrogen-bond donors (Lipinski definition) is 0. The summed E-state index contributed by atoms with van der Waals surface area (Å²) >= 11 is 0. The van der Waals surface area contributed by atoms with Crippen molar-refractivity contribution in [3.05, 3.63) is 0 Å². The molecule has 0 aliphatic carbocycles. The Labute approximate surface area is 110 Å². The van der Waals surface area contributed by atoms with Gasteiger partial charge in [-0.1, -0.05) is 0 Å². The molecule has 0 unspecified atom stereocenters. The first-order chi connectivity index (χ1) is 8.30. The van der Waals surface area contributed by atoms with E-state index >= 15 is 0 Å². The van der Waals surface area contributed by atoms with Gasteiger partial charge in [-0.05, 0) is 33.7 Å². The van der Waals surface area contributed by atoms with Gasteiger partial charge < -0.3 is 14.5 Å². The number of ether oxygens (including phenoxy) is 1. The second kappa shape index (κ2) is 4.38. The maximum Gasteiger partial charge on any atom is 0.319 e. The smallest absolute Gasteiger partial charge is 0.319 e. The molecule has 5 heteroatoms. The molecular weight excluding hydrogens is 230 g/mol. The number of piperidine rings is 1. The average Bonchev–Trinajstić information content (AvgIpc) is 2.54. The van der Waals surface area contributed by atoms with Crippen LogP contribution in [-0.2, 0) is 4.74 Å². The van der Waals surface area contributed by atoms with Crippen molar-refractivity contribution in [1.29, 1.82) is 0 Å². The van der Waals surface area contributed by atoms with Crippen LogP contribution in [0.4, 0.5) is 4.79 Å². The van der Waals surface area contributed by atoms with Gasteiger partial charge in [-0.25, -0.2) is 4.79 Å². The van der Waals surface area contributed by atoms with Crippen molar-refractivity contribution in [1.82, 2.24) is 14.7 Å². The van der Waals surface area contributed by atoms with Gasteiger partial charge >= 0.3 is 6.03 Å². The van der Waals surface area contributed by atoms with Crippen molar-refractivity contribution in [2.24, 2.45) is 0 Å². The third kappa shape index (κ3) is 1.89. The highest BCUT2D eigenvalue weighted by Gasteiger charge is 2.54. The molecule has 0 aromatic heterocycles. The van der Waals surface area contributed by atoms with E-state index < -0.39 is 0 Å². The summed E-state index contributed by atoms with van der Waals surface area (Å²) in [6.45, 7) is 6.74. The summed E-state index contributed by atoms with van der Waals surface area (Å²) in [5.41, 5.74) is -0.0505. The first-order valence-electron chi connectivity index (χ1n) is 6.62. The molecule has 2 amide bonds. The fraction of sp³-hybridized carbons (Fsp3) is 0.923. The molecule has 0 N–H and O–H groups in total. The van der Waals surface area contributed by atoms with Gasteiger partial charge in [-0.15, -0.1) is 0 Å². The highest BCUT2D eigenvalue weighted by atomic mass is 16.5. The number of carbonyl (C=O) groups excluding carboxylic acids is 1. The van der Waals surface area contributed by atoms with E-state index in [4.69, 9.17) is 4.74 Å². The summed E-state index contributed by atoms with van der Waals surface area (Å²) < 4.78 is 6.07. The number of nitrogens with zero attached hydrogens (tertiary/aromatic N) is 3. The first-order valence-corrected chi connectivity index (χ1v) is 6.62. The molecule has 104 valence electrons. The molecule has 0 radical (unpaired) electrons. The minimum atomic E-state index is -0.0924. The van der Waals surface area contributed by atoms with Gasteiger partial charge in [0.25, 0.3) is 0 Å². The van der Waals surface area contributed by atoms with Gasteiger partial charge in [0.2, 0.25) is 0 Å². The van der Waals surface area contributed by atoms with Crippen LogP contribution in [0.25, 0.3) is 0 Å². The quantitative estimate of drug-likeness (QED) is 0.652. The molecule has 2 heterocycles. The number of amides is 2. The van der Waals surface area contributed by atoms with Crippen LogP contribution in [0.3, 0.4) is 0 Å². The number of likely N-dealkylation sites (N-methyl/N-ethyl adjacent to an activating group) is 1. The third-order valence-electron chi connectivity index (χ3n) is 4.83. The zero-order valence-electron chi connectivity index (χ0n) is 12.2. The van der Waals surface area contributed by atoms with Gasteiger partial charge in [-0.3, -0.25) is 4.90 Å². The summed E-state index contributed by atoms with van der Waals surface area (Å²) in [4.78, 5) is 17.8. The standard InChI is InChI=1S/C13H25N3O2/c1-12(2)13(18-10-15(12)5)6-8-16(9-7-13)11(17)14(3)4/h6-10H2,1-5H3. The number of hydrogen-bond acceptors (Lipinski definition) is 3. The SMILES string of the molecule is CN(C)C(=O)N1CCC2(CC1)OCN(C)C2(C)C. The molecule has 18 heavy (non-hydrogen) atoms. The Morgan fingerprint density at radius 3 is 2.17 bits per heavy atom. The number of likely N-dealkylation sites (tertiary alicyclic amines) is 1. The van der Waals surface area contributed by atoms with E-state index in [1.54, 1.807) is 19.0 Å². The van der Waals surface area contributed by atoms with Crippen LogP contribution >= 0.6 is 0 Å². The zero-order valence-corrected chi connectivity index (χ0v) is 12.2. The molecule has 2 saturated heterocycles. The van der Waals surface area contributed by atoms with E-state index in [1.165, 1.54) is 0 Å². The Hall–Kier alpha value is -0.810. The molecule has 2 aliphatic heterocycles. The second-order valence-electron chi connectivity index (χ2n) is 6.19. The van der Waals surface area contributed by atoms with E-state index in [0.29, 0.717) is 6.73 Å². The van der Waals surface area contributed by atoms with Crippen LogP contribution in [0, 0.1) is 0 Å². The summed E-state index contributed by atoms with van der Waals surface area (Å²) in [5.74, 6) is 0. The third-order valence-corrected chi connectivity index (χ3v) is 4.83. The molecule has 0 saturated carbocycles. The second-order valence-corrected chi connectivity index (χ2v) is 6.19. The van der Waals surface area contributed by atoms with Crippen LogP contribution in [0.1, 0.15) is 26.7 Å². The first kappa shape index (κ1) is 13.6. The van der Waals surface area contributed by atoms with Crippen molar-refractivity contribution < 1.29 is 9.53 Å². The molecule has 2 aliphatic rings. The van der Waals surface area contributed by atoms with Crippen molar-refractivity contribution in [3.8, 4) is 0 Å². The highest BCUT2D eigenvalue weighted by Crippen LogP contribution is 2.44. The van der Waals surface area contributed by atoms with Crippen LogP contribution in [0.15, 0.2) is 0 Å². The van der Waals surface area contributed by atoms with Crippen molar-refractivity contribution >= 4 is 6.03 Å². The van der Waals surface area contributed by atoms with E-state index in [1.807, 2.05) is 4.90 Å². The maximum atomic E-state index is 11.9. The highest BCUT2D eigenvalue weighted by molar-refractivity contribution is 5.73. The van der Waals surface area contributed by atoms with Gasteiger partial charge in [0, 0.05) is 32.7 Å². The molecular formula is C13H25N3O2. The Morgan fingerprint density at radius 1 is 1.22 bits per heavy atom. The van der Waals surface area contributed by atoms with E-state index in [0.717, 1.165) is 25.9 Å². The fourth-order valence-electron chi connectivity index (χ4n) is 3.00. The maximum absolute atomic E-state index is 11.9. The average molecular weight is 255 g/mol.